The largest absolute Gasteiger partial charge is 0.357 e. The molecule has 2 atom stereocenters. The smallest absolute Gasteiger partial charge is 0.244 e. The second-order valence-corrected chi connectivity index (χ2v) is 9.27. The second kappa shape index (κ2) is 11.0. The average Bonchev–Trinajstić information content (AvgIpc) is 2.90. The lowest BCUT2D eigenvalue weighted by molar-refractivity contribution is -0.127. The van der Waals surface area contributed by atoms with Gasteiger partial charge in [-0.2, -0.15) is 0 Å². The molecule has 1 heterocycles. The topological polar surface area (TPSA) is 61.6 Å². The molecule has 0 aliphatic carbocycles. The molecule has 2 unspecified atom stereocenters. The fourth-order valence-corrected chi connectivity index (χ4v) is 5.22. The minimum absolute atomic E-state index is 0.141. The van der Waals surface area contributed by atoms with Crippen molar-refractivity contribution < 1.29 is 4.79 Å². The highest BCUT2D eigenvalue weighted by molar-refractivity contribution is 5.87. The molecule has 0 bridgehead atoms. The van der Waals surface area contributed by atoms with E-state index in [1.807, 2.05) is 30.3 Å². The second-order valence-electron chi connectivity index (χ2n) is 9.27. The summed E-state index contributed by atoms with van der Waals surface area (Å²) in [6.45, 7) is 5.99. The molecular formula is C29H36N4O. The van der Waals surface area contributed by atoms with Gasteiger partial charge in [0.1, 0.15) is 5.54 Å². The van der Waals surface area contributed by atoms with Gasteiger partial charge in [0.25, 0.3) is 0 Å². The van der Waals surface area contributed by atoms with Crippen LogP contribution in [0.2, 0.25) is 0 Å². The van der Waals surface area contributed by atoms with Gasteiger partial charge in [0, 0.05) is 39.3 Å². The number of hydrogen-bond donors (Lipinski definition) is 2. The lowest BCUT2D eigenvalue weighted by atomic mass is 9.83. The molecule has 0 radical (unpaired) electrons. The Morgan fingerprint density at radius 2 is 1.26 bits per heavy atom. The first-order valence-electron chi connectivity index (χ1n) is 12.2. The van der Waals surface area contributed by atoms with E-state index in [0.717, 1.165) is 31.7 Å². The maximum absolute atomic E-state index is 12.8. The third-order valence-corrected chi connectivity index (χ3v) is 7.11. The summed E-state index contributed by atoms with van der Waals surface area (Å²) >= 11 is 0. The first-order chi connectivity index (χ1) is 16.5. The van der Waals surface area contributed by atoms with Crippen LogP contribution in [0.3, 0.4) is 0 Å². The number of carbonyl (C=O) groups excluding carboxylic acids is 1. The molecule has 34 heavy (non-hydrogen) atoms. The van der Waals surface area contributed by atoms with Crippen LogP contribution in [0, 0.1) is 0 Å². The Morgan fingerprint density at radius 3 is 1.74 bits per heavy atom. The number of nitrogens with one attached hydrogen (secondary N) is 1. The Balaban J connectivity index is 1.47. The number of likely N-dealkylation sites (N-methyl/N-ethyl adjacent to an activating group) is 1. The average molecular weight is 457 g/mol. The maximum Gasteiger partial charge on any atom is 0.244 e. The molecule has 1 aliphatic heterocycles. The van der Waals surface area contributed by atoms with Crippen LogP contribution in [0.5, 0.6) is 0 Å². The van der Waals surface area contributed by atoms with Gasteiger partial charge < -0.3 is 11.1 Å². The Morgan fingerprint density at radius 1 is 0.824 bits per heavy atom. The van der Waals surface area contributed by atoms with E-state index in [4.69, 9.17) is 5.73 Å². The van der Waals surface area contributed by atoms with Crippen molar-refractivity contribution in [3.63, 3.8) is 0 Å². The van der Waals surface area contributed by atoms with Crippen LogP contribution in [0.1, 0.15) is 36.1 Å². The zero-order chi connectivity index (χ0) is 24.0. The van der Waals surface area contributed by atoms with E-state index in [2.05, 4.69) is 82.7 Å². The Hall–Kier alpha value is -2.99. The number of piperazine rings is 1. The maximum atomic E-state index is 12.8. The van der Waals surface area contributed by atoms with Crippen LogP contribution in [0.4, 0.5) is 0 Å². The van der Waals surface area contributed by atoms with E-state index >= 15 is 0 Å². The van der Waals surface area contributed by atoms with Gasteiger partial charge in [-0.25, -0.2) is 0 Å². The van der Waals surface area contributed by atoms with Crippen molar-refractivity contribution in [3.05, 3.63) is 108 Å². The number of amides is 1. The molecular weight excluding hydrogens is 420 g/mol. The number of nitrogens with zero attached hydrogens (tertiary/aromatic N) is 2. The summed E-state index contributed by atoms with van der Waals surface area (Å²) in [5.74, 6) is -0.141. The van der Waals surface area contributed by atoms with Crippen LogP contribution in [-0.4, -0.2) is 55.0 Å². The molecule has 4 rings (SSSR count). The highest BCUT2D eigenvalue weighted by Gasteiger charge is 2.39. The standard InChI is InChI=1S/C29H36N4O/c1-23(22-29(30,28(34)31-2)26-16-10-5-11-17-26)32-18-20-33(21-19-32)27(24-12-6-3-7-13-24)25-14-8-4-9-15-25/h3-17,23,27H,18-22,30H2,1-2H3,(H,31,34). The van der Waals surface area contributed by atoms with Crippen LogP contribution in [0.25, 0.3) is 0 Å². The van der Waals surface area contributed by atoms with E-state index in [9.17, 15) is 4.79 Å². The van der Waals surface area contributed by atoms with Crippen LogP contribution in [0.15, 0.2) is 91.0 Å². The normalized spacial score (nSPS) is 17.8. The van der Waals surface area contributed by atoms with Crippen molar-refractivity contribution in [3.8, 4) is 0 Å². The lowest BCUT2D eigenvalue weighted by Gasteiger charge is -2.43. The summed E-state index contributed by atoms with van der Waals surface area (Å²) < 4.78 is 0. The first kappa shape index (κ1) is 24.1. The van der Waals surface area contributed by atoms with Gasteiger partial charge in [-0.05, 0) is 30.0 Å². The van der Waals surface area contributed by atoms with Gasteiger partial charge in [0.05, 0.1) is 6.04 Å². The summed E-state index contributed by atoms with van der Waals surface area (Å²) in [7, 11) is 1.66. The zero-order valence-electron chi connectivity index (χ0n) is 20.2. The Bertz CT molecular complexity index is 996. The molecule has 0 spiro atoms. The van der Waals surface area contributed by atoms with E-state index in [1.165, 1.54) is 11.1 Å². The van der Waals surface area contributed by atoms with Gasteiger partial charge >= 0.3 is 0 Å². The summed E-state index contributed by atoms with van der Waals surface area (Å²) in [4.78, 5) is 17.9. The molecule has 1 fully saturated rings. The molecule has 0 saturated carbocycles. The predicted octanol–water partition coefficient (Wildman–Crippen LogP) is 3.77. The molecule has 1 saturated heterocycles. The Labute approximate surface area is 203 Å². The molecule has 3 aromatic carbocycles. The molecule has 3 N–H and O–H groups in total. The van der Waals surface area contributed by atoms with E-state index in [0.29, 0.717) is 6.42 Å². The predicted molar refractivity (Wildman–Crippen MR) is 138 cm³/mol. The zero-order valence-corrected chi connectivity index (χ0v) is 20.2. The van der Waals surface area contributed by atoms with Crippen molar-refractivity contribution in [2.24, 2.45) is 5.73 Å². The number of nitrogens with two attached hydrogens (primary N) is 1. The number of hydrogen-bond acceptors (Lipinski definition) is 4. The van der Waals surface area contributed by atoms with Crippen molar-refractivity contribution in [1.29, 1.82) is 0 Å². The van der Waals surface area contributed by atoms with E-state index in [1.54, 1.807) is 7.05 Å². The minimum Gasteiger partial charge on any atom is -0.357 e. The molecule has 5 nitrogen and oxygen atoms in total. The third kappa shape index (κ3) is 5.22. The van der Waals surface area contributed by atoms with Gasteiger partial charge in [-0.1, -0.05) is 91.0 Å². The van der Waals surface area contributed by atoms with E-state index in [-0.39, 0.29) is 18.0 Å². The summed E-state index contributed by atoms with van der Waals surface area (Å²) in [6, 6.07) is 31.6. The highest BCUT2D eigenvalue weighted by atomic mass is 16.2. The van der Waals surface area contributed by atoms with Crippen molar-refractivity contribution in [2.75, 3.05) is 33.2 Å². The SMILES string of the molecule is CNC(=O)C(N)(CC(C)N1CCN(C(c2ccccc2)c2ccccc2)CC1)c1ccccc1. The van der Waals surface area contributed by atoms with Gasteiger partial charge in [0.15, 0.2) is 0 Å². The molecule has 1 amide bonds. The lowest BCUT2D eigenvalue weighted by Crippen LogP contribution is -2.56. The van der Waals surface area contributed by atoms with Crippen LogP contribution in [-0.2, 0) is 10.3 Å². The van der Waals surface area contributed by atoms with Gasteiger partial charge in [0.2, 0.25) is 5.91 Å². The number of benzene rings is 3. The molecule has 0 aromatic heterocycles. The van der Waals surface area contributed by atoms with Gasteiger partial charge in [-0.15, -0.1) is 0 Å². The highest BCUT2D eigenvalue weighted by Crippen LogP contribution is 2.31. The van der Waals surface area contributed by atoms with Crippen LogP contribution < -0.4 is 11.1 Å². The molecule has 3 aromatic rings. The van der Waals surface area contributed by atoms with Crippen LogP contribution >= 0.6 is 0 Å². The quantitative estimate of drug-likeness (QED) is 0.542. The first-order valence-corrected chi connectivity index (χ1v) is 12.2. The Kier molecular flexibility index (Phi) is 7.78. The monoisotopic (exact) mass is 456 g/mol. The van der Waals surface area contributed by atoms with Gasteiger partial charge in [-0.3, -0.25) is 14.6 Å². The van der Waals surface area contributed by atoms with Crippen molar-refractivity contribution >= 4 is 5.91 Å². The fourth-order valence-electron chi connectivity index (χ4n) is 5.22. The fraction of sp³-hybridized carbons (Fsp3) is 0.345. The van der Waals surface area contributed by atoms with Crippen molar-refractivity contribution in [2.45, 2.75) is 31.0 Å². The number of carbonyl (C=O) groups is 1. The molecule has 1 aliphatic rings. The van der Waals surface area contributed by atoms with E-state index < -0.39 is 5.54 Å². The summed E-state index contributed by atoms with van der Waals surface area (Å²) in [5.41, 5.74) is 9.20. The summed E-state index contributed by atoms with van der Waals surface area (Å²) in [5, 5.41) is 2.78. The van der Waals surface area contributed by atoms with Crippen molar-refractivity contribution in [1.82, 2.24) is 15.1 Å². The molecule has 178 valence electrons. The number of rotatable bonds is 8. The third-order valence-electron chi connectivity index (χ3n) is 7.11. The minimum atomic E-state index is -1.05. The summed E-state index contributed by atoms with van der Waals surface area (Å²) in [6.07, 6.45) is 0.567. The molecule has 5 heteroatoms.